The standard InChI is InChI=1S/C19H27N3O2/c1-14(2)17-19(24)22-12-11-21(13-16(22)18(23)20-17)10-6-9-15-7-4-3-5-8-15/h3-5,7-8,14,16-17H,6,9-13H2,1-2H3,(H,20,23)/t16-,17-/m1/s1. The van der Waals surface area contributed by atoms with E-state index in [2.05, 4.69) is 34.5 Å². The number of carbonyl (C=O) groups excluding carboxylic acids is 2. The molecule has 2 atom stereocenters. The Morgan fingerprint density at radius 2 is 1.92 bits per heavy atom. The van der Waals surface area contributed by atoms with Gasteiger partial charge < -0.3 is 10.2 Å². The van der Waals surface area contributed by atoms with Crippen LogP contribution in [0.15, 0.2) is 30.3 Å². The third-order valence-electron chi connectivity index (χ3n) is 5.06. The molecule has 0 saturated carbocycles. The van der Waals surface area contributed by atoms with Crippen LogP contribution in [0.2, 0.25) is 0 Å². The number of nitrogens with zero attached hydrogens (tertiary/aromatic N) is 2. The molecular weight excluding hydrogens is 302 g/mol. The molecule has 2 aliphatic rings. The minimum absolute atomic E-state index is 0.000981. The predicted molar refractivity (Wildman–Crippen MR) is 93.5 cm³/mol. The summed E-state index contributed by atoms with van der Waals surface area (Å²) in [5.41, 5.74) is 1.35. The summed E-state index contributed by atoms with van der Waals surface area (Å²) in [6.07, 6.45) is 2.12. The van der Waals surface area contributed by atoms with Gasteiger partial charge in [-0.2, -0.15) is 0 Å². The Balaban J connectivity index is 1.53. The molecule has 0 bridgehead atoms. The van der Waals surface area contributed by atoms with Gasteiger partial charge in [0.15, 0.2) is 0 Å². The minimum Gasteiger partial charge on any atom is -0.342 e. The monoisotopic (exact) mass is 329 g/mol. The van der Waals surface area contributed by atoms with E-state index in [4.69, 9.17) is 0 Å². The zero-order chi connectivity index (χ0) is 17.1. The van der Waals surface area contributed by atoms with Gasteiger partial charge >= 0.3 is 0 Å². The molecule has 130 valence electrons. The van der Waals surface area contributed by atoms with Crippen molar-refractivity contribution >= 4 is 11.8 Å². The lowest BCUT2D eigenvalue weighted by molar-refractivity contribution is -0.154. The highest BCUT2D eigenvalue weighted by atomic mass is 16.2. The zero-order valence-corrected chi connectivity index (χ0v) is 14.6. The fraction of sp³-hybridized carbons (Fsp3) is 0.579. The number of rotatable bonds is 5. The van der Waals surface area contributed by atoms with Crippen molar-refractivity contribution in [3.63, 3.8) is 0 Å². The summed E-state index contributed by atoms with van der Waals surface area (Å²) >= 11 is 0. The van der Waals surface area contributed by atoms with Crippen molar-refractivity contribution in [2.24, 2.45) is 5.92 Å². The van der Waals surface area contributed by atoms with Crippen LogP contribution in [0.25, 0.3) is 0 Å². The SMILES string of the molecule is CC(C)[C@H]1NC(=O)[C@H]2CN(CCCc3ccccc3)CCN2C1=O. The lowest BCUT2D eigenvalue weighted by Crippen LogP contribution is -2.70. The third kappa shape index (κ3) is 3.61. The average molecular weight is 329 g/mol. The van der Waals surface area contributed by atoms with Gasteiger partial charge in [-0.3, -0.25) is 14.5 Å². The van der Waals surface area contributed by atoms with Crippen LogP contribution in [-0.4, -0.2) is 59.9 Å². The summed E-state index contributed by atoms with van der Waals surface area (Å²) in [7, 11) is 0. The van der Waals surface area contributed by atoms with E-state index in [-0.39, 0.29) is 29.8 Å². The Hall–Kier alpha value is -1.88. The number of carbonyl (C=O) groups is 2. The first kappa shape index (κ1) is 17.0. The van der Waals surface area contributed by atoms with Crippen LogP contribution in [-0.2, 0) is 16.0 Å². The molecule has 2 saturated heterocycles. The van der Waals surface area contributed by atoms with Gasteiger partial charge in [-0.25, -0.2) is 0 Å². The predicted octanol–water partition coefficient (Wildman–Crippen LogP) is 1.29. The first-order valence-corrected chi connectivity index (χ1v) is 8.93. The van der Waals surface area contributed by atoms with E-state index in [0.29, 0.717) is 13.1 Å². The molecule has 0 aromatic heterocycles. The van der Waals surface area contributed by atoms with Gasteiger partial charge in [0, 0.05) is 19.6 Å². The molecule has 2 aliphatic heterocycles. The smallest absolute Gasteiger partial charge is 0.246 e. The summed E-state index contributed by atoms with van der Waals surface area (Å²) in [6.45, 7) is 7.08. The van der Waals surface area contributed by atoms with Gasteiger partial charge in [-0.15, -0.1) is 0 Å². The lowest BCUT2D eigenvalue weighted by Gasteiger charge is -2.46. The molecule has 2 heterocycles. The molecule has 2 fully saturated rings. The molecular formula is C19H27N3O2. The molecule has 0 unspecified atom stereocenters. The topological polar surface area (TPSA) is 52.7 Å². The molecule has 24 heavy (non-hydrogen) atoms. The largest absolute Gasteiger partial charge is 0.342 e. The molecule has 1 N–H and O–H groups in total. The average Bonchev–Trinajstić information content (AvgIpc) is 2.59. The van der Waals surface area contributed by atoms with Crippen LogP contribution >= 0.6 is 0 Å². The number of piperazine rings is 2. The number of benzene rings is 1. The second-order valence-corrected chi connectivity index (χ2v) is 7.17. The van der Waals surface area contributed by atoms with Crippen molar-refractivity contribution < 1.29 is 9.59 Å². The number of amides is 2. The van der Waals surface area contributed by atoms with Crippen LogP contribution in [0, 0.1) is 5.92 Å². The summed E-state index contributed by atoms with van der Waals surface area (Å²) < 4.78 is 0. The maximum atomic E-state index is 12.5. The van der Waals surface area contributed by atoms with Crippen LogP contribution in [0.4, 0.5) is 0 Å². The molecule has 3 rings (SSSR count). The van der Waals surface area contributed by atoms with Gasteiger partial charge in [-0.05, 0) is 30.9 Å². The highest BCUT2D eigenvalue weighted by Crippen LogP contribution is 2.19. The Morgan fingerprint density at radius 3 is 2.62 bits per heavy atom. The van der Waals surface area contributed by atoms with Crippen LogP contribution in [0.3, 0.4) is 0 Å². The van der Waals surface area contributed by atoms with Gasteiger partial charge in [0.25, 0.3) is 0 Å². The van der Waals surface area contributed by atoms with Crippen LogP contribution in [0.5, 0.6) is 0 Å². The molecule has 0 spiro atoms. The molecule has 5 nitrogen and oxygen atoms in total. The molecule has 1 aromatic rings. The molecule has 5 heteroatoms. The maximum Gasteiger partial charge on any atom is 0.246 e. The van der Waals surface area contributed by atoms with Crippen molar-refractivity contribution in [2.45, 2.75) is 38.8 Å². The normalized spacial score (nSPS) is 24.9. The Kier molecular flexibility index (Phi) is 5.19. The summed E-state index contributed by atoms with van der Waals surface area (Å²) in [5, 5.41) is 2.91. The van der Waals surface area contributed by atoms with E-state index in [0.717, 1.165) is 25.9 Å². The van der Waals surface area contributed by atoms with E-state index in [1.54, 1.807) is 4.90 Å². The fourth-order valence-corrected chi connectivity index (χ4v) is 3.62. The van der Waals surface area contributed by atoms with Crippen molar-refractivity contribution in [2.75, 3.05) is 26.2 Å². The summed E-state index contributed by atoms with van der Waals surface area (Å²) in [4.78, 5) is 29.0. The van der Waals surface area contributed by atoms with Crippen molar-refractivity contribution in [3.05, 3.63) is 35.9 Å². The fourth-order valence-electron chi connectivity index (χ4n) is 3.62. The zero-order valence-electron chi connectivity index (χ0n) is 14.6. The summed E-state index contributed by atoms with van der Waals surface area (Å²) in [5.74, 6) is 0.214. The van der Waals surface area contributed by atoms with Crippen LogP contribution in [0.1, 0.15) is 25.8 Å². The second kappa shape index (κ2) is 7.34. The number of fused-ring (bicyclic) bond motifs is 1. The molecule has 1 aromatic carbocycles. The minimum atomic E-state index is -0.363. The van der Waals surface area contributed by atoms with Gasteiger partial charge in [0.05, 0.1) is 0 Å². The Morgan fingerprint density at radius 1 is 1.17 bits per heavy atom. The van der Waals surface area contributed by atoms with Gasteiger partial charge in [0.1, 0.15) is 12.1 Å². The van der Waals surface area contributed by atoms with E-state index >= 15 is 0 Å². The first-order valence-electron chi connectivity index (χ1n) is 8.93. The van der Waals surface area contributed by atoms with E-state index in [9.17, 15) is 9.59 Å². The lowest BCUT2D eigenvalue weighted by atomic mass is 9.96. The van der Waals surface area contributed by atoms with E-state index < -0.39 is 0 Å². The van der Waals surface area contributed by atoms with E-state index in [1.807, 2.05) is 19.9 Å². The third-order valence-corrected chi connectivity index (χ3v) is 5.06. The molecule has 2 amide bonds. The Labute approximate surface area is 144 Å². The van der Waals surface area contributed by atoms with Crippen molar-refractivity contribution in [3.8, 4) is 0 Å². The van der Waals surface area contributed by atoms with Gasteiger partial charge in [0.2, 0.25) is 11.8 Å². The number of hydrogen-bond donors (Lipinski definition) is 1. The second-order valence-electron chi connectivity index (χ2n) is 7.17. The summed E-state index contributed by atoms with van der Waals surface area (Å²) in [6, 6.07) is 9.78. The first-order chi connectivity index (χ1) is 11.6. The van der Waals surface area contributed by atoms with Crippen LogP contribution < -0.4 is 5.32 Å². The number of hydrogen-bond acceptors (Lipinski definition) is 3. The number of aryl methyl sites for hydroxylation is 1. The van der Waals surface area contributed by atoms with Crippen molar-refractivity contribution in [1.82, 2.24) is 15.1 Å². The van der Waals surface area contributed by atoms with Gasteiger partial charge in [-0.1, -0.05) is 44.2 Å². The molecule has 0 radical (unpaired) electrons. The maximum absolute atomic E-state index is 12.5. The van der Waals surface area contributed by atoms with Crippen molar-refractivity contribution in [1.29, 1.82) is 0 Å². The highest BCUT2D eigenvalue weighted by Gasteiger charge is 2.43. The Bertz CT molecular complexity index is 588. The number of nitrogens with one attached hydrogen (secondary N) is 1. The highest BCUT2D eigenvalue weighted by molar-refractivity contribution is 5.97. The molecule has 0 aliphatic carbocycles. The quantitative estimate of drug-likeness (QED) is 0.885. The van der Waals surface area contributed by atoms with E-state index in [1.165, 1.54) is 5.56 Å².